The first-order valence-corrected chi connectivity index (χ1v) is 6.09. The largest absolute Gasteiger partial charge is 0.335 e. The van der Waals surface area contributed by atoms with E-state index in [-0.39, 0.29) is 0 Å². The summed E-state index contributed by atoms with van der Waals surface area (Å²) < 4.78 is 39.3. The summed E-state index contributed by atoms with van der Waals surface area (Å²) in [5.41, 5.74) is 5.08. The maximum absolute atomic E-state index is 13.5. The first-order valence-electron chi connectivity index (χ1n) is 6.09. The predicted octanol–water partition coefficient (Wildman–Crippen LogP) is 2.06. The monoisotopic (exact) mass is 272 g/mol. The molecule has 0 radical (unpaired) electrons. The van der Waals surface area contributed by atoms with Crippen molar-refractivity contribution in [2.24, 2.45) is 5.73 Å². The van der Waals surface area contributed by atoms with E-state index in [1.54, 1.807) is 0 Å². The third kappa shape index (κ3) is 2.45. The van der Waals surface area contributed by atoms with Gasteiger partial charge in [-0.25, -0.2) is 13.2 Å². The van der Waals surface area contributed by atoms with Crippen molar-refractivity contribution in [1.82, 2.24) is 4.90 Å². The van der Waals surface area contributed by atoms with Crippen LogP contribution in [-0.4, -0.2) is 29.4 Å². The fraction of sp³-hybridized carbons (Fsp3) is 0.462. The van der Waals surface area contributed by atoms with Crippen LogP contribution >= 0.6 is 0 Å². The lowest BCUT2D eigenvalue weighted by Crippen LogP contribution is -2.68. The van der Waals surface area contributed by atoms with Gasteiger partial charge in [0.25, 0.3) is 5.91 Å². The Labute approximate surface area is 109 Å². The highest BCUT2D eigenvalue weighted by atomic mass is 19.2. The van der Waals surface area contributed by atoms with Crippen LogP contribution in [0, 0.1) is 17.5 Å². The lowest BCUT2D eigenvalue weighted by Gasteiger charge is -2.47. The van der Waals surface area contributed by atoms with Crippen LogP contribution in [0.4, 0.5) is 13.2 Å². The van der Waals surface area contributed by atoms with Gasteiger partial charge in [0.1, 0.15) is 0 Å². The van der Waals surface area contributed by atoms with Crippen LogP contribution in [0.5, 0.6) is 0 Å². The number of nitrogens with zero attached hydrogens (tertiary/aromatic N) is 1. The van der Waals surface area contributed by atoms with Crippen LogP contribution < -0.4 is 5.73 Å². The quantitative estimate of drug-likeness (QED) is 0.856. The molecular weight excluding hydrogens is 257 g/mol. The van der Waals surface area contributed by atoms with Crippen molar-refractivity contribution in [1.29, 1.82) is 0 Å². The van der Waals surface area contributed by atoms with E-state index >= 15 is 0 Å². The molecule has 1 fully saturated rings. The highest BCUT2D eigenvalue weighted by Gasteiger charge is 2.42. The van der Waals surface area contributed by atoms with Gasteiger partial charge in [0.15, 0.2) is 17.5 Å². The molecular formula is C13H15F3N2O. The molecule has 2 rings (SSSR count). The Balaban J connectivity index is 2.13. The summed E-state index contributed by atoms with van der Waals surface area (Å²) in [7, 11) is 0. The van der Waals surface area contributed by atoms with Crippen LogP contribution in [0.25, 0.3) is 0 Å². The minimum absolute atomic E-state index is 0.304. The highest BCUT2D eigenvalue weighted by molar-refractivity contribution is 5.95. The minimum Gasteiger partial charge on any atom is -0.335 e. The van der Waals surface area contributed by atoms with Gasteiger partial charge in [0.2, 0.25) is 0 Å². The van der Waals surface area contributed by atoms with Crippen LogP contribution in [0.3, 0.4) is 0 Å². The van der Waals surface area contributed by atoms with E-state index in [1.165, 1.54) is 4.90 Å². The van der Waals surface area contributed by atoms with Gasteiger partial charge in [0, 0.05) is 13.1 Å². The van der Waals surface area contributed by atoms with Crippen molar-refractivity contribution >= 4 is 5.91 Å². The fourth-order valence-corrected chi connectivity index (χ4v) is 2.37. The molecule has 0 saturated carbocycles. The van der Waals surface area contributed by atoms with Gasteiger partial charge in [-0.3, -0.25) is 4.79 Å². The second-order valence-electron chi connectivity index (χ2n) is 5.00. The summed E-state index contributed by atoms with van der Waals surface area (Å²) in [5, 5.41) is 0. The molecule has 19 heavy (non-hydrogen) atoms. The summed E-state index contributed by atoms with van der Waals surface area (Å²) in [6, 6.07) is 1.69. The normalized spacial score (nSPS) is 17.2. The van der Waals surface area contributed by atoms with Gasteiger partial charge in [-0.1, -0.05) is 13.3 Å². The topological polar surface area (TPSA) is 46.3 Å². The summed E-state index contributed by atoms with van der Waals surface area (Å²) in [6.45, 7) is 2.59. The maximum Gasteiger partial charge on any atom is 0.257 e. The van der Waals surface area contributed by atoms with E-state index < -0.39 is 34.5 Å². The van der Waals surface area contributed by atoms with Crippen LogP contribution in [0.2, 0.25) is 0 Å². The van der Waals surface area contributed by atoms with Crippen molar-refractivity contribution < 1.29 is 18.0 Å². The Bertz CT molecular complexity index is 513. The van der Waals surface area contributed by atoms with Crippen molar-refractivity contribution in [3.63, 3.8) is 0 Å². The van der Waals surface area contributed by atoms with Crippen molar-refractivity contribution in [3.05, 3.63) is 35.1 Å². The number of nitrogens with two attached hydrogens (primary N) is 1. The summed E-state index contributed by atoms with van der Waals surface area (Å²) in [4.78, 5) is 13.3. The Kier molecular flexibility index (Phi) is 3.54. The average Bonchev–Trinajstić information content (AvgIpc) is 2.33. The molecule has 6 heteroatoms. The molecule has 1 aliphatic rings. The first-order chi connectivity index (χ1) is 8.88. The summed E-state index contributed by atoms with van der Waals surface area (Å²) in [6.07, 6.45) is 1.65. The van der Waals surface area contributed by atoms with Crippen molar-refractivity contribution in [2.75, 3.05) is 13.1 Å². The zero-order chi connectivity index (χ0) is 14.2. The number of halogens is 3. The molecule has 3 nitrogen and oxygen atoms in total. The molecule has 1 aromatic carbocycles. The highest BCUT2D eigenvalue weighted by Crippen LogP contribution is 2.26. The predicted molar refractivity (Wildman–Crippen MR) is 64.0 cm³/mol. The molecule has 1 aromatic rings. The lowest BCUT2D eigenvalue weighted by molar-refractivity contribution is 0.0381. The second-order valence-corrected chi connectivity index (χ2v) is 5.00. The Morgan fingerprint density at radius 2 is 1.95 bits per heavy atom. The van der Waals surface area contributed by atoms with E-state index in [4.69, 9.17) is 5.73 Å². The molecule has 0 spiro atoms. The zero-order valence-electron chi connectivity index (χ0n) is 10.5. The second kappa shape index (κ2) is 4.85. The van der Waals surface area contributed by atoms with Gasteiger partial charge >= 0.3 is 0 Å². The fourth-order valence-electron chi connectivity index (χ4n) is 2.37. The van der Waals surface area contributed by atoms with E-state index in [1.807, 2.05) is 6.92 Å². The van der Waals surface area contributed by atoms with Gasteiger partial charge in [0.05, 0.1) is 11.1 Å². The SMILES string of the molecule is CCCC1(N)CN(C(=O)c2ccc(F)c(F)c2F)C1. The average molecular weight is 272 g/mol. The van der Waals surface area contributed by atoms with Gasteiger partial charge in [-0.2, -0.15) is 0 Å². The molecule has 1 heterocycles. The lowest BCUT2D eigenvalue weighted by atomic mass is 9.86. The molecule has 2 N–H and O–H groups in total. The van der Waals surface area contributed by atoms with Gasteiger partial charge in [-0.05, 0) is 18.6 Å². The smallest absolute Gasteiger partial charge is 0.257 e. The molecule has 0 aromatic heterocycles. The Morgan fingerprint density at radius 1 is 1.32 bits per heavy atom. The van der Waals surface area contributed by atoms with Gasteiger partial charge in [-0.15, -0.1) is 0 Å². The number of carbonyl (C=O) groups is 1. The minimum atomic E-state index is -1.63. The molecule has 1 saturated heterocycles. The molecule has 1 aliphatic heterocycles. The third-order valence-electron chi connectivity index (χ3n) is 3.31. The van der Waals surface area contributed by atoms with E-state index in [2.05, 4.69) is 0 Å². The Hall–Kier alpha value is -1.56. The molecule has 0 unspecified atom stereocenters. The van der Waals surface area contributed by atoms with Crippen LogP contribution in [0.1, 0.15) is 30.1 Å². The molecule has 0 atom stereocenters. The molecule has 104 valence electrons. The van der Waals surface area contributed by atoms with Crippen LogP contribution in [0.15, 0.2) is 12.1 Å². The number of benzene rings is 1. The maximum atomic E-state index is 13.5. The Morgan fingerprint density at radius 3 is 2.53 bits per heavy atom. The number of likely N-dealkylation sites (tertiary alicyclic amines) is 1. The third-order valence-corrected chi connectivity index (χ3v) is 3.31. The van der Waals surface area contributed by atoms with E-state index in [9.17, 15) is 18.0 Å². The number of rotatable bonds is 3. The number of hydrogen-bond donors (Lipinski definition) is 1. The standard InChI is InChI=1S/C13H15F3N2O/c1-2-5-13(17)6-18(7-13)12(19)8-3-4-9(14)11(16)10(8)15/h3-4H,2,5-7,17H2,1H3. The number of amides is 1. The first kappa shape index (κ1) is 13.9. The van der Waals surface area contributed by atoms with Crippen molar-refractivity contribution in [3.8, 4) is 0 Å². The van der Waals surface area contributed by atoms with E-state index in [0.717, 1.165) is 25.0 Å². The summed E-state index contributed by atoms with van der Waals surface area (Å²) >= 11 is 0. The molecule has 1 amide bonds. The number of carbonyl (C=O) groups excluding carboxylic acids is 1. The van der Waals surface area contributed by atoms with Crippen LogP contribution in [-0.2, 0) is 0 Å². The summed E-state index contributed by atoms with van der Waals surface area (Å²) in [5.74, 6) is -5.04. The molecule has 0 aliphatic carbocycles. The van der Waals surface area contributed by atoms with E-state index in [0.29, 0.717) is 13.1 Å². The zero-order valence-corrected chi connectivity index (χ0v) is 10.5. The number of hydrogen-bond acceptors (Lipinski definition) is 2. The van der Waals surface area contributed by atoms with Crippen molar-refractivity contribution in [2.45, 2.75) is 25.3 Å². The van der Waals surface area contributed by atoms with Gasteiger partial charge < -0.3 is 10.6 Å². The molecule has 0 bridgehead atoms.